The van der Waals surface area contributed by atoms with Crippen molar-refractivity contribution in [2.24, 2.45) is 10.7 Å². The third kappa shape index (κ3) is 3.62. The second kappa shape index (κ2) is 6.73. The third-order valence-electron chi connectivity index (χ3n) is 2.98. The van der Waals surface area contributed by atoms with Crippen LogP contribution in [0.4, 0.5) is 0 Å². The Bertz CT molecular complexity index is 535. The summed E-state index contributed by atoms with van der Waals surface area (Å²) in [5, 5.41) is 7.25. The predicted octanol–water partition coefficient (Wildman–Crippen LogP) is 1.45. The van der Waals surface area contributed by atoms with Crippen LogP contribution in [-0.2, 0) is 9.47 Å². The highest BCUT2D eigenvalue weighted by molar-refractivity contribution is 5.77. The molecule has 1 aromatic rings. The van der Waals surface area contributed by atoms with Gasteiger partial charge < -0.3 is 20.5 Å². The predicted molar refractivity (Wildman–Crippen MR) is 81.3 cm³/mol. The van der Waals surface area contributed by atoms with Crippen molar-refractivity contribution in [2.75, 3.05) is 6.61 Å². The second-order valence-electron chi connectivity index (χ2n) is 5.05. The van der Waals surface area contributed by atoms with Crippen LogP contribution in [0.25, 0.3) is 5.70 Å². The van der Waals surface area contributed by atoms with Gasteiger partial charge in [0.15, 0.2) is 5.76 Å². The Labute approximate surface area is 124 Å². The first kappa shape index (κ1) is 15.5. The molecule has 2 rings (SSSR count). The number of nitrogens with two attached hydrogens (primary N) is 1. The van der Waals surface area contributed by atoms with Crippen molar-refractivity contribution in [3.8, 4) is 0 Å². The molecular formula is C14H23N5O2. The maximum Gasteiger partial charge on any atom is 0.159 e. The van der Waals surface area contributed by atoms with Gasteiger partial charge in [-0.05, 0) is 27.7 Å². The lowest BCUT2D eigenvalue weighted by atomic mass is 10.2. The van der Waals surface area contributed by atoms with Gasteiger partial charge in [0.1, 0.15) is 18.1 Å². The van der Waals surface area contributed by atoms with E-state index >= 15 is 0 Å². The molecule has 2 heterocycles. The van der Waals surface area contributed by atoms with Crippen LogP contribution in [0.15, 0.2) is 23.1 Å². The summed E-state index contributed by atoms with van der Waals surface area (Å²) in [5.74, 6) is 0.621. The lowest BCUT2D eigenvalue weighted by molar-refractivity contribution is 0.0159. The summed E-state index contributed by atoms with van der Waals surface area (Å²) in [5.41, 5.74) is 7.58. The molecule has 0 spiro atoms. The minimum absolute atomic E-state index is 0.0218. The molecule has 116 valence electrons. The van der Waals surface area contributed by atoms with Gasteiger partial charge in [-0.1, -0.05) is 0 Å². The fraction of sp³-hybridized carbons (Fsp3) is 0.571. The van der Waals surface area contributed by atoms with Gasteiger partial charge in [0.25, 0.3) is 0 Å². The summed E-state index contributed by atoms with van der Waals surface area (Å²) >= 11 is 0. The van der Waals surface area contributed by atoms with E-state index in [0.717, 1.165) is 5.56 Å². The normalized spacial score (nSPS) is 19.8. The van der Waals surface area contributed by atoms with Gasteiger partial charge in [-0.25, -0.2) is 9.67 Å². The van der Waals surface area contributed by atoms with Crippen LogP contribution in [0.1, 0.15) is 39.5 Å². The molecule has 3 N–H and O–H groups in total. The number of nitrogens with zero attached hydrogens (tertiary/aromatic N) is 3. The fourth-order valence-electron chi connectivity index (χ4n) is 2.05. The summed E-state index contributed by atoms with van der Waals surface area (Å²) in [6, 6.07) is 0. The van der Waals surface area contributed by atoms with Crippen molar-refractivity contribution in [3.05, 3.63) is 23.7 Å². The van der Waals surface area contributed by atoms with Gasteiger partial charge in [0, 0.05) is 18.4 Å². The van der Waals surface area contributed by atoms with Gasteiger partial charge >= 0.3 is 0 Å². The summed E-state index contributed by atoms with van der Waals surface area (Å²) in [4.78, 5) is 4.35. The van der Waals surface area contributed by atoms with E-state index in [1.54, 1.807) is 17.2 Å². The van der Waals surface area contributed by atoms with E-state index in [9.17, 15) is 0 Å². The Morgan fingerprint density at radius 1 is 1.43 bits per heavy atom. The lowest BCUT2D eigenvalue weighted by Gasteiger charge is -2.24. The number of nitrogens with one attached hydrogen (secondary N) is 1. The summed E-state index contributed by atoms with van der Waals surface area (Å²) in [6.45, 7) is 8.44. The van der Waals surface area contributed by atoms with Crippen LogP contribution >= 0.6 is 0 Å². The molecule has 2 unspecified atom stereocenters. The summed E-state index contributed by atoms with van der Waals surface area (Å²) in [6.07, 6.45) is 4.69. The third-order valence-corrected chi connectivity index (χ3v) is 2.98. The maximum absolute atomic E-state index is 6.03. The Kier molecular flexibility index (Phi) is 4.98. The Morgan fingerprint density at radius 3 is 2.86 bits per heavy atom. The monoisotopic (exact) mass is 293 g/mol. The number of aromatic nitrogens is 2. The fourth-order valence-corrected chi connectivity index (χ4v) is 2.05. The Hall–Kier alpha value is -1.86. The van der Waals surface area contributed by atoms with E-state index in [-0.39, 0.29) is 12.3 Å². The SMILES string of the molecule is CCOC(C)n1cc(C2=C(OC(C)C)C(N)NC=N2)cn1. The highest BCUT2D eigenvalue weighted by Crippen LogP contribution is 2.25. The first-order valence-corrected chi connectivity index (χ1v) is 7.14. The van der Waals surface area contributed by atoms with E-state index in [1.165, 1.54) is 0 Å². The van der Waals surface area contributed by atoms with E-state index in [2.05, 4.69) is 15.4 Å². The molecule has 2 atom stereocenters. The van der Waals surface area contributed by atoms with Crippen molar-refractivity contribution in [1.29, 1.82) is 0 Å². The molecular weight excluding hydrogens is 270 g/mol. The molecule has 0 saturated carbocycles. The van der Waals surface area contributed by atoms with Crippen molar-refractivity contribution >= 4 is 12.0 Å². The van der Waals surface area contributed by atoms with Crippen LogP contribution in [0.5, 0.6) is 0 Å². The van der Waals surface area contributed by atoms with E-state index in [4.69, 9.17) is 15.2 Å². The number of hydrogen-bond donors (Lipinski definition) is 2. The smallest absolute Gasteiger partial charge is 0.159 e. The van der Waals surface area contributed by atoms with Gasteiger partial charge in [0.2, 0.25) is 0 Å². The lowest BCUT2D eigenvalue weighted by Crippen LogP contribution is -2.42. The molecule has 0 aliphatic carbocycles. The van der Waals surface area contributed by atoms with Crippen LogP contribution in [0.2, 0.25) is 0 Å². The zero-order chi connectivity index (χ0) is 15.4. The van der Waals surface area contributed by atoms with Crippen LogP contribution in [0.3, 0.4) is 0 Å². The quantitative estimate of drug-likeness (QED) is 0.829. The summed E-state index contributed by atoms with van der Waals surface area (Å²) < 4.78 is 13.1. The van der Waals surface area contributed by atoms with Crippen LogP contribution < -0.4 is 11.1 Å². The van der Waals surface area contributed by atoms with Crippen LogP contribution in [-0.4, -0.2) is 35.0 Å². The zero-order valence-electron chi connectivity index (χ0n) is 12.9. The number of hydrogen-bond acceptors (Lipinski definition) is 6. The van der Waals surface area contributed by atoms with Crippen molar-refractivity contribution in [1.82, 2.24) is 15.1 Å². The largest absolute Gasteiger partial charge is 0.489 e. The molecule has 1 aliphatic heterocycles. The summed E-state index contributed by atoms with van der Waals surface area (Å²) in [7, 11) is 0. The average Bonchev–Trinajstić information content (AvgIpc) is 2.90. The van der Waals surface area contributed by atoms with Crippen molar-refractivity contribution in [2.45, 2.75) is 46.2 Å². The topological polar surface area (TPSA) is 86.7 Å². The van der Waals surface area contributed by atoms with Crippen LogP contribution in [0, 0.1) is 0 Å². The molecule has 0 aromatic carbocycles. The molecule has 0 fully saturated rings. The van der Waals surface area contributed by atoms with Crippen molar-refractivity contribution < 1.29 is 9.47 Å². The molecule has 0 bridgehead atoms. The molecule has 7 heteroatoms. The van der Waals surface area contributed by atoms with Gasteiger partial charge in [-0.15, -0.1) is 0 Å². The molecule has 1 aromatic heterocycles. The molecule has 1 aliphatic rings. The second-order valence-corrected chi connectivity index (χ2v) is 5.05. The maximum atomic E-state index is 6.03. The van der Waals surface area contributed by atoms with E-state index in [1.807, 2.05) is 33.9 Å². The Morgan fingerprint density at radius 2 is 2.19 bits per heavy atom. The first-order valence-electron chi connectivity index (χ1n) is 7.14. The molecule has 0 amide bonds. The highest BCUT2D eigenvalue weighted by Gasteiger charge is 2.22. The van der Waals surface area contributed by atoms with E-state index < -0.39 is 6.17 Å². The highest BCUT2D eigenvalue weighted by atomic mass is 16.5. The zero-order valence-corrected chi connectivity index (χ0v) is 12.9. The minimum atomic E-state index is -0.410. The molecule has 0 radical (unpaired) electrons. The minimum Gasteiger partial charge on any atom is -0.489 e. The number of rotatable bonds is 6. The van der Waals surface area contributed by atoms with Gasteiger partial charge in [0.05, 0.1) is 18.6 Å². The average molecular weight is 293 g/mol. The first-order chi connectivity index (χ1) is 10.0. The van der Waals surface area contributed by atoms with Gasteiger partial charge in [-0.2, -0.15) is 5.10 Å². The molecule has 21 heavy (non-hydrogen) atoms. The van der Waals surface area contributed by atoms with E-state index in [0.29, 0.717) is 18.1 Å². The van der Waals surface area contributed by atoms with Gasteiger partial charge in [-0.3, -0.25) is 0 Å². The Balaban J connectivity index is 2.31. The molecule has 0 saturated heterocycles. The number of ether oxygens (including phenoxy) is 2. The molecule has 7 nitrogen and oxygen atoms in total. The standard InChI is InChI=1S/C14H23N5O2/c1-5-20-10(4)19-7-11(6-18-19)12-13(21-9(2)3)14(15)17-8-16-12/h6-10,14H,5,15H2,1-4H3,(H,16,17). The van der Waals surface area contributed by atoms with Crippen molar-refractivity contribution in [3.63, 3.8) is 0 Å². The number of aliphatic imine (C=N–C) groups is 1.